The molecule has 0 aliphatic heterocycles. The van der Waals surface area contributed by atoms with E-state index in [4.69, 9.17) is 22.6 Å². The van der Waals surface area contributed by atoms with Crippen molar-refractivity contribution in [2.24, 2.45) is 0 Å². The van der Waals surface area contributed by atoms with Gasteiger partial charge in [0.05, 0.1) is 16.1 Å². The molecule has 0 aliphatic rings. The van der Waals surface area contributed by atoms with Crippen LogP contribution in [0, 0.1) is 11.3 Å². The molecule has 4 nitrogen and oxygen atoms in total. The number of fused-ring (bicyclic) bond motifs is 1. The highest BCUT2D eigenvalue weighted by Crippen LogP contribution is 2.23. The summed E-state index contributed by atoms with van der Waals surface area (Å²) in [6.07, 6.45) is 0. The van der Waals surface area contributed by atoms with E-state index in [1.807, 2.05) is 6.07 Å². The Hall–Kier alpha value is -1.73. The van der Waals surface area contributed by atoms with Gasteiger partial charge in [-0.15, -0.1) is 0 Å². The maximum Gasteiger partial charge on any atom is 0.198 e. The normalized spacial score (nSPS) is 10.2. The van der Waals surface area contributed by atoms with Gasteiger partial charge < -0.3 is 10.7 Å². The second-order valence-electron chi connectivity index (χ2n) is 2.55. The van der Waals surface area contributed by atoms with Crippen molar-refractivity contribution in [3.8, 4) is 6.07 Å². The lowest BCUT2D eigenvalue weighted by molar-refractivity contribution is 1.35. The molecule has 64 valence electrons. The Kier molecular flexibility index (Phi) is 1.61. The van der Waals surface area contributed by atoms with Gasteiger partial charge >= 0.3 is 0 Å². The first-order valence-corrected chi connectivity index (χ1v) is 3.94. The fourth-order valence-corrected chi connectivity index (χ4v) is 1.37. The van der Waals surface area contributed by atoms with Crippen molar-refractivity contribution < 1.29 is 0 Å². The Morgan fingerprint density at radius 1 is 1.54 bits per heavy atom. The average Bonchev–Trinajstić information content (AvgIpc) is 2.45. The van der Waals surface area contributed by atoms with E-state index in [0.717, 1.165) is 5.52 Å². The minimum Gasteiger partial charge on any atom is -0.369 e. The number of hydrogen-bond acceptors (Lipinski definition) is 3. The summed E-state index contributed by atoms with van der Waals surface area (Å²) >= 11 is 5.80. The van der Waals surface area contributed by atoms with Crippen LogP contribution in [0.4, 0.5) is 5.95 Å². The summed E-state index contributed by atoms with van der Waals surface area (Å²) in [6, 6.07) is 5.36. The Labute approximate surface area is 78.9 Å². The third-order valence-electron chi connectivity index (χ3n) is 1.73. The summed E-state index contributed by atoms with van der Waals surface area (Å²) < 4.78 is 0. The van der Waals surface area contributed by atoms with Crippen molar-refractivity contribution in [1.82, 2.24) is 9.97 Å². The summed E-state index contributed by atoms with van der Waals surface area (Å²) in [5.74, 6) is 0.286. The molecule has 1 heterocycles. The number of nitriles is 1. The molecule has 1 aromatic heterocycles. The van der Waals surface area contributed by atoms with E-state index in [9.17, 15) is 0 Å². The van der Waals surface area contributed by atoms with Crippen molar-refractivity contribution in [3.63, 3.8) is 0 Å². The number of imidazole rings is 1. The monoisotopic (exact) mass is 192 g/mol. The number of anilines is 1. The first-order valence-electron chi connectivity index (χ1n) is 3.56. The van der Waals surface area contributed by atoms with E-state index < -0.39 is 0 Å². The summed E-state index contributed by atoms with van der Waals surface area (Å²) in [4.78, 5) is 6.78. The van der Waals surface area contributed by atoms with Gasteiger partial charge in [0.1, 0.15) is 11.6 Å². The highest BCUT2D eigenvalue weighted by Gasteiger charge is 2.08. The number of hydrogen-bond donors (Lipinski definition) is 2. The van der Waals surface area contributed by atoms with Crippen molar-refractivity contribution in [2.75, 3.05) is 5.73 Å². The van der Waals surface area contributed by atoms with Crippen LogP contribution in [0.5, 0.6) is 0 Å². The van der Waals surface area contributed by atoms with Crippen molar-refractivity contribution in [2.45, 2.75) is 0 Å². The molecular weight excluding hydrogens is 188 g/mol. The number of nitrogens with two attached hydrogens (primary N) is 1. The van der Waals surface area contributed by atoms with Crippen LogP contribution < -0.4 is 5.73 Å². The number of rotatable bonds is 0. The molecule has 0 spiro atoms. The van der Waals surface area contributed by atoms with Gasteiger partial charge in [-0.1, -0.05) is 11.6 Å². The molecule has 0 saturated heterocycles. The minimum atomic E-state index is 0.286. The van der Waals surface area contributed by atoms with Crippen LogP contribution in [0.3, 0.4) is 0 Å². The molecule has 2 aromatic rings. The first kappa shape index (κ1) is 7.90. The molecule has 13 heavy (non-hydrogen) atoms. The standard InChI is InChI=1S/C8H5ClN4/c9-5-1-2-6-7(4(5)3-10)13-8(11)12-6/h1-2H,(H3,11,12,13). The van der Waals surface area contributed by atoms with Gasteiger partial charge in [0, 0.05) is 0 Å². The van der Waals surface area contributed by atoms with Crippen LogP contribution in [0.25, 0.3) is 11.0 Å². The van der Waals surface area contributed by atoms with Crippen LogP contribution in [0.15, 0.2) is 12.1 Å². The molecule has 0 fully saturated rings. The van der Waals surface area contributed by atoms with Crippen LogP contribution in [-0.2, 0) is 0 Å². The zero-order chi connectivity index (χ0) is 9.42. The minimum absolute atomic E-state index is 0.286. The Morgan fingerprint density at radius 2 is 2.31 bits per heavy atom. The van der Waals surface area contributed by atoms with Gasteiger partial charge in [-0.05, 0) is 12.1 Å². The highest BCUT2D eigenvalue weighted by molar-refractivity contribution is 6.32. The van der Waals surface area contributed by atoms with Gasteiger partial charge in [0.2, 0.25) is 0 Å². The number of nitrogen functional groups attached to an aromatic ring is 1. The van der Waals surface area contributed by atoms with E-state index >= 15 is 0 Å². The largest absolute Gasteiger partial charge is 0.369 e. The number of nitrogens with one attached hydrogen (secondary N) is 1. The van der Waals surface area contributed by atoms with Crippen LogP contribution in [0.1, 0.15) is 5.56 Å². The predicted molar refractivity (Wildman–Crippen MR) is 50.2 cm³/mol. The summed E-state index contributed by atoms with van der Waals surface area (Å²) in [5, 5.41) is 9.19. The first-order chi connectivity index (χ1) is 6.22. The zero-order valence-electron chi connectivity index (χ0n) is 6.50. The molecule has 1 aromatic carbocycles. The molecular formula is C8H5ClN4. The SMILES string of the molecule is N#Cc1c(Cl)ccc2[nH]c(N)nc12. The summed E-state index contributed by atoms with van der Waals surface area (Å²) in [6.45, 7) is 0. The molecule has 5 heteroatoms. The van der Waals surface area contributed by atoms with Crippen molar-refractivity contribution in [3.05, 3.63) is 22.7 Å². The van der Waals surface area contributed by atoms with E-state index in [-0.39, 0.29) is 5.95 Å². The molecule has 0 bridgehead atoms. The number of aromatic nitrogens is 2. The third-order valence-corrected chi connectivity index (χ3v) is 2.05. The Balaban J connectivity index is 2.93. The van der Waals surface area contributed by atoms with Gasteiger partial charge in [-0.3, -0.25) is 0 Å². The quantitative estimate of drug-likeness (QED) is 0.667. The lowest BCUT2D eigenvalue weighted by atomic mass is 10.2. The van der Waals surface area contributed by atoms with Gasteiger partial charge in [-0.25, -0.2) is 4.98 Å². The van der Waals surface area contributed by atoms with Crippen LogP contribution in [-0.4, -0.2) is 9.97 Å². The lowest BCUT2D eigenvalue weighted by Crippen LogP contribution is -1.84. The van der Waals surface area contributed by atoms with E-state index in [0.29, 0.717) is 16.1 Å². The molecule has 0 saturated carbocycles. The maximum atomic E-state index is 8.80. The van der Waals surface area contributed by atoms with Crippen LogP contribution >= 0.6 is 11.6 Å². The lowest BCUT2D eigenvalue weighted by Gasteiger charge is -1.93. The molecule has 0 atom stereocenters. The number of halogens is 1. The molecule has 0 amide bonds. The molecule has 3 N–H and O–H groups in total. The molecule has 0 unspecified atom stereocenters. The fourth-order valence-electron chi connectivity index (χ4n) is 1.18. The third kappa shape index (κ3) is 1.10. The van der Waals surface area contributed by atoms with E-state index in [2.05, 4.69) is 9.97 Å². The summed E-state index contributed by atoms with van der Waals surface area (Å²) in [7, 11) is 0. The molecule has 0 radical (unpaired) electrons. The molecule has 2 rings (SSSR count). The number of benzene rings is 1. The van der Waals surface area contributed by atoms with Crippen molar-refractivity contribution in [1.29, 1.82) is 5.26 Å². The highest BCUT2D eigenvalue weighted by atomic mass is 35.5. The second kappa shape index (κ2) is 2.64. The smallest absolute Gasteiger partial charge is 0.198 e. The van der Waals surface area contributed by atoms with Crippen LogP contribution in [0.2, 0.25) is 5.02 Å². The van der Waals surface area contributed by atoms with Gasteiger partial charge in [0.15, 0.2) is 5.95 Å². The Bertz CT molecular complexity index is 509. The number of aromatic amines is 1. The zero-order valence-corrected chi connectivity index (χ0v) is 7.26. The molecule has 0 aliphatic carbocycles. The van der Waals surface area contributed by atoms with Crippen molar-refractivity contribution >= 4 is 28.6 Å². The van der Waals surface area contributed by atoms with E-state index in [1.54, 1.807) is 12.1 Å². The van der Waals surface area contributed by atoms with E-state index in [1.165, 1.54) is 0 Å². The Morgan fingerprint density at radius 3 is 3.00 bits per heavy atom. The average molecular weight is 193 g/mol. The number of H-pyrrole nitrogens is 1. The topological polar surface area (TPSA) is 78.5 Å². The van der Waals surface area contributed by atoms with Gasteiger partial charge in [-0.2, -0.15) is 5.26 Å². The summed E-state index contributed by atoms with van der Waals surface area (Å²) in [5.41, 5.74) is 7.04. The number of nitrogens with zero attached hydrogens (tertiary/aromatic N) is 2. The predicted octanol–water partition coefficient (Wildman–Crippen LogP) is 1.67. The van der Waals surface area contributed by atoms with Gasteiger partial charge in [0.25, 0.3) is 0 Å². The second-order valence-corrected chi connectivity index (χ2v) is 2.96. The maximum absolute atomic E-state index is 8.80. The fraction of sp³-hybridized carbons (Fsp3) is 0.